The van der Waals surface area contributed by atoms with Crippen LogP contribution in [0.3, 0.4) is 0 Å². The number of nitrogens with zero attached hydrogens (tertiary/aromatic N) is 1. The number of para-hydroxylation sites is 1. The normalized spacial score (nSPS) is 14.5. The summed E-state index contributed by atoms with van der Waals surface area (Å²) in [6, 6.07) is 27.5. The van der Waals surface area contributed by atoms with Gasteiger partial charge in [-0.2, -0.15) is 0 Å². The predicted octanol–water partition coefficient (Wildman–Crippen LogP) is 4.53. The quantitative estimate of drug-likeness (QED) is 0.603. The summed E-state index contributed by atoms with van der Waals surface area (Å²) in [4.78, 5) is 28.9. The molecule has 0 aromatic heterocycles. The summed E-state index contributed by atoms with van der Waals surface area (Å²) in [5, 5.41) is 2.94. The number of hydrogen-bond donors (Lipinski definition) is 1. The van der Waals surface area contributed by atoms with Gasteiger partial charge >= 0.3 is 0 Å². The van der Waals surface area contributed by atoms with Gasteiger partial charge in [0.25, 0.3) is 5.91 Å². The molecule has 0 unspecified atom stereocenters. The average Bonchev–Trinajstić information content (AvgIpc) is 2.78. The Morgan fingerprint density at radius 2 is 1.57 bits per heavy atom. The molecule has 1 aliphatic heterocycles. The van der Waals surface area contributed by atoms with E-state index in [-0.39, 0.29) is 18.4 Å². The van der Waals surface area contributed by atoms with Crippen LogP contribution in [0.5, 0.6) is 0 Å². The summed E-state index contributed by atoms with van der Waals surface area (Å²) in [5.74, 6) is -0.319. The number of thioether (sulfide) groups is 1. The minimum absolute atomic E-state index is 0.00265. The molecule has 150 valence electrons. The van der Waals surface area contributed by atoms with E-state index in [4.69, 9.17) is 0 Å². The standard InChI is InChI=1S/C25H22N2O2S/c28-24(26-16-15-19-9-3-1-4-10-19)18-27-21-13-7-8-14-22(21)30-23(25(27)29)17-20-11-5-2-6-12-20/h1-14,17H,15-16,18H2,(H,26,28). The molecule has 0 saturated carbocycles. The topological polar surface area (TPSA) is 49.4 Å². The average molecular weight is 415 g/mol. The number of benzene rings is 3. The number of carbonyl (C=O) groups excluding carboxylic acids is 2. The lowest BCUT2D eigenvalue weighted by atomic mass is 10.1. The zero-order chi connectivity index (χ0) is 20.8. The van der Waals surface area contributed by atoms with E-state index in [1.54, 1.807) is 4.90 Å². The molecule has 5 heteroatoms. The van der Waals surface area contributed by atoms with E-state index in [1.807, 2.05) is 91.0 Å². The first-order chi connectivity index (χ1) is 14.7. The van der Waals surface area contributed by atoms with E-state index < -0.39 is 0 Å². The van der Waals surface area contributed by atoms with Crippen LogP contribution in [0.4, 0.5) is 5.69 Å². The molecule has 0 saturated heterocycles. The molecule has 0 atom stereocenters. The van der Waals surface area contributed by atoms with Crippen LogP contribution in [0.15, 0.2) is 94.7 Å². The van der Waals surface area contributed by atoms with Gasteiger partial charge in [0, 0.05) is 11.4 Å². The predicted molar refractivity (Wildman–Crippen MR) is 122 cm³/mol. The van der Waals surface area contributed by atoms with Crippen LogP contribution in [-0.2, 0) is 16.0 Å². The first-order valence-corrected chi connectivity index (χ1v) is 10.7. The summed E-state index contributed by atoms with van der Waals surface area (Å²) in [6.07, 6.45) is 2.63. The van der Waals surface area contributed by atoms with E-state index in [2.05, 4.69) is 5.32 Å². The van der Waals surface area contributed by atoms with Crippen molar-refractivity contribution in [1.82, 2.24) is 5.32 Å². The summed E-state index contributed by atoms with van der Waals surface area (Å²) in [7, 11) is 0. The van der Waals surface area contributed by atoms with Crippen molar-refractivity contribution in [2.45, 2.75) is 11.3 Å². The highest BCUT2D eigenvalue weighted by Crippen LogP contribution is 2.41. The Balaban J connectivity index is 1.48. The van der Waals surface area contributed by atoms with Crippen LogP contribution < -0.4 is 10.2 Å². The van der Waals surface area contributed by atoms with Crippen molar-refractivity contribution < 1.29 is 9.59 Å². The van der Waals surface area contributed by atoms with E-state index in [1.165, 1.54) is 17.3 Å². The third-order valence-electron chi connectivity index (χ3n) is 4.81. The molecule has 0 aliphatic carbocycles. The first-order valence-electron chi connectivity index (χ1n) is 9.87. The lowest BCUT2D eigenvalue weighted by Crippen LogP contribution is -2.43. The second-order valence-electron chi connectivity index (χ2n) is 6.97. The Morgan fingerprint density at radius 1 is 0.900 bits per heavy atom. The molecular weight excluding hydrogens is 392 g/mol. The molecule has 1 heterocycles. The van der Waals surface area contributed by atoms with E-state index >= 15 is 0 Å². The van der Waals surface area contributed by atoms with Crippen molar-refractivity contribution in [2.75, 3.05) is 18.0 Å². The molecular formula is C25H22N2O2S. The Bertz CT molecular complexity index is 1060. The van der Waals surface area contributed by atoms with Crippen molar-refractivity contribution in [3.05, 3.63) is 101 Å². The zero-order valence-corrected chi connectivity index (χ0v) is 17.3. The minimum Gasteiger partial charge on any atom is -0.354 e. The fourth-order valence-electron chi connectivity index (χ4n) is 3.31. The van der Waals surface area contributed by atoms with Crippen molar-refractivity contribution >= 4 is 35.3 Å². The third-order valence-corrected chi connectivity index (χ3v) is 5.89. The van der Waals surface area contributed by atoms with Gasteiger partial charge in [-0.1, -0.05) is 84.6 Å². The number of hydrogen-bond acceptors (Lipinski definition) is 3. The monoisotopic (exact) mass is 414 g/mol. The van der Waals surface area contributed by atoms with Gasteiger partial charge in [0.1, 0.15) is 6.54 Å². The maximum Gasteiger partial charge on any atom is 0.265 e. The molecule has 3 aromatic carbocycles. The number of nitrogens with one attached hydrogen (secondary N) is 1. The Kier molecular flexibility index (Phi) is 6.30. The van der Waals surface area contributed by atoms with Gasteiger partial charge in [0.05, 0.1) is 10.6 Å². The van der Waals surface area contributed by atoms with Gasteiger partial charge < -0.3 is 5.32 Å². The fourth-order valence-corrected chi connectivity index (χ4v) is 4.37. The summed E-state index contributed by atoms with van der Waals surface area (Å²) >= 11 is 1.44. The van der Waals surface area contributed by atoms with Crippen LogP contribution in [-0.4, -0.2) is 24.9 Å². The number of anilines is 1. The molecule has 0 fully saturated rings. The fraction of sp³-hybridized carbons (Fsp3) is 0.120. The van der Waals surface area contributed by atoms with Crippen LogP contribution in [0, 0.1) is 0 Å². The molecule has 4 rings (SSSR count). The van der Waals surface area contributed by atoms with Gasteiger partial charge in [-0.05, 0) is 35.8 Å². The van der Waals surface area contributed by atoms with Gasteiger partial charge in [-0.15, -0.1) is 0 Å². The highest BCUT2D eigenvalue weighted by molar-refractivity contribution is 8.04. The van der Waals surface area contributed by atoms with Crippen molar-refractivity contribution in [2.24, 2.45) is 0 Å². The molecule has 3 aromatic rings. The van der Waals surface area contributed by atoms with Crippen molar-refractivity contribution in [1.29, 1.82) is 0 Å². The molecule has 30 heavy (non-hydrogen) atoms. The van der Waals surface area contributed by atoms with E-state index in [9.17, 15) is 9.59 Å². The van der Waals surface area contributed by atoms with Crippen LogP contribution in [0.1, 0.15) is 11.1 Å². The first kappa shape index (κ1) is 20.0. The molecule has 4 nitrogen and oxygen atoms in total. The smallest absolute Gasteiger partial charge is 0.265 e. The number of fused-ring (bicyclic) bond motifs is 1. The molecule has 0 bridgehead atoms. The minimum atomic E-state index is -0.167. The Morgan fingerprint density at radius 3 is 2.33 bits per heavy atom. The maximum atomic E-state index is 13.2. The molecule has 0 radical (unpaired) electrons. The van der Waals surface area contributed by atoms with E-state index in [0.717, 1.165) is 22.6 Å². The SMILES string of the molecule is O=C(CN1C(=O)C(=Cc2ccccc2)Sc2ccccc21)NCCc1ccccc1. The molecule has 1 N–H and O–H groups in total. The number of rotatable bonds is 6. The highest BCUT2D eigenvalue weighted by Gasteiger charge is 2.30. The third kappa shape index (κ3) is 4.81. The number of carbonyl (C=O) groups is 2. The van der Waals surface area contributed by atoms with Crippen LogP contribution in [0.25, 0.3) is 6.08 Å². The summed E-state index contributed by atoms with van der Waals surface area (Å²) in [6.45, 7) is 0.533. The van der Waals surface area contributed by atoms with Gasteiger partial charge in [0.2, 0.25) is 5.91 Å². The van der Waals surface area contributed by atoms with Gasteiger partial charge in [-0.3, -0.25) is 14.5 Å². The van der Waals surface area contributed by atoms with Crippen LogP contribution in [0.2, 0.25) is 0 Å². The second kappa shape index (κ2) is 9.46. The summed E-state index contributed by atoms with van der Waals surface area (Å²) < 4.78 is 0. The Labute approximate surface area is 180 Å². The van der Waals surface area contributed by atoms with Crippen molar-refractivity contribution in [3.8, 4) is 0 Å². The van der Waals surface area contributed by atoms with Crippen molar-refractivity contribution in [3.63, 3.8) is 0 Å². The van der Waals surface area contributed by atoms with Crippen LogP contribution >= 0.6 is 11.8 Å². The highest BCUT2D eigenvalue weighted by atomic mass is 32.2. The lowest BCUT2D eigenvalue weighted by Gasteiger charge is -2.29. The molecule has 2 amide bonds. The zero-order valence-electron chi connectivity index (χ0n) is 16.5. The molecule has 0 spiro atoms. The summed E-state index contributed by atoms with van der Waals surface area (Å²) in [5.41, 5.74) is 2.90. The van der Waals surface area contributed by atoms with E-state index in [0.29, 0.717) is 11.4 Å². The van der Waals surface area contributed by atoms with Gasteiger partial charge in [-0.25, -0.2) is 0 Å². The second-order valence-corrected chi connectivity index (χ2v) is 8.05. The maximum absolute atomic E-state index is 13.2. The Hall–Kier alpha value is -3.31. The largest absolute Gasteiger partial charge is 0.354 e. The molecule has 1 aliphatic rings. The lowest BCUT2D eigenvalue weighted by molar-refractivity contribution is -0.122. The van der Waals surface area contributed by atoms with Gasteiger partial charge in [0.15, 0.2) is 0 Å². The number of amides is 2.